The first-order valence-electron chi connectivity index (χ1n) is 8.35. The summed E-state index contributed by atoms with van der Waals surface area (Å²) in [5, 5.41) is 11.7. The van der Waals surface area contributed by atoms with E-state index in [2.05, 4.69) is 0 Å². The number of ketones is 1. The summed E-state index contributed by atoms with van der Waals surface area (Å²) in [6.45, 7) is 0. The molecule has 1 unspecified atom stereocenters. The Balaban J connectivity index is 1.84. The van der Waals surface area contributed by atoms with E-state index in [1.54, 1.807) is 6.07 Å². The maximum Gasteiger partial charge on any atom is 0.335 e. The Morgan fingerprint density at radius 3 is 2.48 bits per heavy atom. The van der Waals surface area contributed by atoms with Gasteiger partial charge in [-0.15, -0.1) is 0 Å². The smallest absolute Gasteiger partial charge is 0.335 e. The molecule has 8 nitrogen and oxygen atoms in total. The van der Waals surface area contributed by atoms with E-state index in [-0.39, 0.29) is 17.2 Å². The van der Waals surface area contributed by atoms with Gasteiger partial charge in [0.15, 0.2) is 23.2 Å². The molecule has 0 aromatic heterocycles. The number of rotatable bonds is 5. The molecule has 1 aliphatic heterocycles. The number of urea groups is 1. The summed E-state index contributed by atoms with van der Waals surface area (Å²) in [5.41, 5.74) is 0.440. The van der Waals surface area contributed by atoms with Gasteiger partial charge >= 0.3 is 6.03 Å². The van der Waals surface area contributed by atoms with Crippen LogP contribution >= 0.6 is 0 Å². The van der Waals surface area contributed by atoms with Crippen LogP contribution in [0.5, 0.6) is 11.5 Å². The lowest BCUT2D eigenvalue weighted by atomic mass is 9.98. The van der Waals surface area contributed by atoms with Gasteiger partial charge in [-0.3, -0.25) is 19.7 Å². The average molecular weight is 398 g/mol. The van der Waals surface area contributed by atoms with E-state index >= 15 is 0 Å². The fraction of sp³-hybridized carbons (Fsp3) is 0.100. The highest BCUT2D eigenvalue weighted by Crippen LogP contribution is 2.27. The van der Waals surface area contributed by atoms with Crippen molar-refractivity contribution in [2.45, 2.75) is 0 Å². The number of phenolic OH excluding ortho intramolecular Hbond substituents is 1. The SMILES string of the molecule is COc1ccc(/C=C/C(=O)C2C(=O)NC(=O)N(c3ccc(F)cc3)C2=O)cc1O. The summed E-state index contributed by atoms with van der Waals surface area (Å²) in [6.07, 6.45) is 2.31. The third-order valence-corrected chi connectivity index (χ3v) is 4.18. The molecule has 29 heavy (non-hydrogen) atoms. The second-order valence-electron chi connectivity index (χ2n) is 6.04. The number of anilines is 1. The number of barbiturate groups is 1. The first-order valence-corrected chi connectivity index (χ1v) is 8.35. The van der Waals surface area contributed by atoms with Crippen LogP contribution in [0.1, 0.15) is 5.56 Å². The van der Waals surface area contributed by atoms with Crippen LogP contribution in [0.15, 0.2) is 48.5 Å². The molecule has 1 atom stereocenters. The number of nitrogens with zero attached hydrogens (tertiary/aromatic N) is 1. The summed E-state index contributed by atoms with van der Waals surface area (Å²) in [6, 6.07) is 7.78. The van der Waals surface area contributed by atoms with Gasteiger partial charge in [0.2, 0.25) is 5.91 Å². The highest BCUT2D eigenvalue weighted by molar-refractivity contribution is 6.36. The number of carbonyl (C=O) groups excluding carboxylic acids is 4. The van der Waals surface area contributed by atoms with Gasteiger partial charge in [-0.05, 0) is 48.0 Å². The Morgan fingerprint density at radius 1 is 1.17 bits per heavy atom. The summed E-state index contributed by atoms with van der Waals surface area (Å²) in [5.74, 6) is -5.22. The van der Waals surface area contributed by atoms with Gasteiger partial charge in [0.1, 0.15) is 5.82 Å². The van der Waals surface area contributed by atoms with Gasteiger partial charge in [-0.2, -0.15) is 0 Å². The number of ether oxygens (including phenoxy) is 1. The van der Waals surface area contributed by atoms with Gasteiger partial charge in [0, 0.05) is 0 Å². The monoisotopic (exact) mass is 398 g/mol. The zero-order chi connectivity index (χ0) is 21.1. The van der Waals surface area contributed by atoms with E-state index in [1.807, 2.05) is 5.32 Å². The Bertz CT molecular complexity index is 1030. The van der Waals surface area contributed by atoms with Gasteiger partial charge < -0.3 is 9.84 Å². The first kappa shape index (κ1) is 19.7. The molecule has 0 spiro atoms. The van der Waals surface area contributed by atoms with Gasteiger partial charge in [-0.25, -0.2) is 14.1 Å². The fourth-order valence-corrected chi connectivity index (χ4v) is 2.75. The second kappa shape index (κ2) is 7.93. The minimum Gasteiger partial charge on any atom is -0.504 e. The second-order valence-corrected chi connectivity index (χ2v) is 6.04. The number of methoxy groups -OCH3 is 1. The minimum absolute atomic E-state index is 0.0169. The standard InChI is InChI=1S/C20H15FN2O6/c1-29-16-9-3-11(10-15(16)25)2-8-14(24)17-18(26)22-20(28)23(19(17)27)13-6-4-12(21)5-7-13/h2-10,17,25H,1H3,(H,22,26,28)/b8-2+. The number of allylic oxidation sites excluding steroid dienone is 1. The molecule has 9 heteroatoms. The number of imide groups is 2. The molecule has 0 radical (unpaired) electrons. The largest absolute Gasteiger partial charge is 0.504 e. The molecule has 1 aliphatic rings. The predicted molar refractivity (Wildman–Crippen MR) is 99.6 cm³/mol. The average Bonchev–Trinajstić information content (AvgIpc) is 2.67. The zero-order valence-corrected chi connectivity index (χ0v) is 15.1. The van der Waals surface area contributed by atoms with E-state index in [9.17, 15) is 28.7 Å². The third-order valence-electron chi connectivity index (χ3n) is 4.18. The highest BCUT2D eigenvalue weighted by Gasteiger charge is 2.44. The molecule has 0 aliphatic carbocycles. The molecule has 1 heterocycles. The van der Waals surface area contributed by atoms with Crippen molar-refractivity contribution in [3.8, 4) is 11.5 Å². The molecule has 2 N–H and O–H groups in total. The summed E-state index contributed by atoms with van der Waals surface area (Å²) >= 11 is 0. The van der Waals surface area contributed by atoms with Crippen LogP contribution in [0, 0.1) is 11.7 Å². The normalized spacial score (nSPS) is 16.8. The quantitative estimate of drug-likeness (QED) is 0.589. The van der Waals surface area contributed by atoms with Crippen LogP contribution in [0.4, 0.5) is 14.9 Å². The number of nitrogens with one attached hydrogen (secondary N) is 1. The van der Waals surface area contributed by atoms with Crippen LogP contribution < -0.4 is 15.0 Å². The fourth-order valence-electron chi connectivity index (χ4n) is 2.75. The van der Waals surface area contributed by atoms with Crippen LogP contribution in [0.2, 0.25) is 0 Å². The molecule has 3 rings (SSSR count). The van der Waals surface area contributed by atoms with Crippen LogP contribution in [-0.2, 0) is 14.4 Å². The lowest BCUT2D eigenvalue weighted by Gasteiger charge is -2.28. The number of aromatic hydroxyl groups is 1. The van der Waals surface area contributed by atoms with E-state index in [4.69, 9.17) is 4.74 Å². The lowest BCUT2D eigenvalue weighted by Crippen LogP contribution is -2.60. The van der Waals surface area contributed by atoms with Crippen molar-refractivity contribution in [2.24, 2.45) is 5.92 Å². The number of hydrogen-bond acceptors (Lipinski definition) is 6. The van der Waals surface area contributed by atoms with Crippen molar-refractivity contribution >= 4 is 35.4 Å². The molecule has 148 valence electrons. The van der Waals surface area contributed by atoms with Crippen LogP contribution in [-0.4, -0.2) is 35.8 Å². The first-order chi connectivity index (χ1) is 13.8. The molecule has 0 bridgehead atoms. The molecule has 1 fully saturated rings. The third kappa shape index (κ3) is 3.98. The maximum absolute atomic E-state index is 13.1. The van der Waals surface area contributed by atoms with Crippen LogP contribution in [0.3, 0.4) is 0 Å². The van der Waals surface area contributed by atoms with Crippen molar-refractivity contribution in [2.75, 3.05) is 12.0 Å². The Labute approximate surface area is 164 Å². The molecular formula is C20H15FN2O6. The number of hydrogen-bond donors (Lipinski definition) is 2. The number of amides is 4. The molecule has 2 aromatic carbocycles. The number of carbonyl (C=O) groups is 4. The van der Waals surface area contributed by atoms with Crippen molar-refractivity contribution < 1.29 is 33.4 Å². The van der Waals surface area contributed by atoms with Crippen molar-refractivity contribution in [1.82, 2.24) is 5.32 Å². The van der Waals surface area contributed by atoms with Crippen molar-refractivity contribution in [3.05, 3.63) is 59.9 Å². The van der Waals surface area contributed by atoms with Crippen molar-refractivity contribution in [1.29, 1.82) is 0 Å². The molecule has 1 saturated heterocycles. The number of halogens is 1. The van der Waals surface area contributed by atoms with Crippen molar-refractivity contribution in [3.63, 3.8) is 0 Å². The lowest BCUT2D eigenvalue weighted by molar-refractivity contribution is -0.139. The minimum atomic E-state index is -1.78. The van der Waals surface area contributed by atoms with Gasteiger partial charge in [0.05, 0.1) is 12.8 Å². The van der Waals surface area contributed by atoms with Gasteiger partial charge in [-0.1, -0.05) is 12.1 Å². The summed E-state index contributed by atoms with van der Waals surface area (Å²) < 4.78 is 18.0. The molecule has 2 aromatic rings. The number of benzene rings is 2. The Kier molecular flexibility index (Phi) is 5.40. The van der Waals surface area contributed by atoms with E-state index in [0.717, 1.165) is 18.2 Å². The molecule has 0 saturated carbocycles. The van der Waals surface area contributed by atoms with E-state index in [1.165, 1.54) is 37.5 Å². The molecular weight excluding hydrogens is 383 g/mol. The topological polar surface area (TPSA) is 113 Å². The highest BCUT2D eigenvalue weighted by atomic mass is 19.1. The Hall–Kier alpha value is -4.01. The van der Waals surface area contributed by atoms with Gasteiger partial charge in [0.25, 0.3) is 5.91 Å². The maximum atomic E-state index is 13.1. The summed E-state index contributed by atoms with van der Waals surface area (Å²) in [4.78, 5) is 49.9. The van der Waals surface area contributed by atoms with Crippen LogP contribution in [0.25, 0.3) is 6.08 Å². The number of phenols is 1. The molecule has 4 amide bonds. The van der Waals surface area contributed by atoms with E-state index in [0.29, 0.717) is 10.5 Å². The summed E-state index contributed by atoms with van der Waals surface area (Å²) in [7, 11) is 1.38. The zero-order valence-electron chi connectivity index (χ0n) is 15.1. The van der Waals surface area contributed by atoms with E-state index < -0.39 is 35.4 Å². The predicted octanol–water partition coefficient (Wildman–Crippen LogP) is 2.02. The Morgan fingerprint density at radius 2 is 1.86 bits per heavy atom.